The Kier molecular flexibility index (Phi) is 6.77. The van der Waals surface area contributed by atoms with Gasteiger partial charge in [0.2, 0.25) is 10.0 Å². The van der Waals surface area contributed by atoms with Crippen LogP contribution in [0.4, 0.5) is 4.39 Å². The maximum absolute atomic E-state index is 13.8. The Morgan fingerprint density at radius 2 is 1.95 bits per heavy atom. The van der Waals surface area contributed by atoms with Crippen molar-refractivity contribution in [2.24, 2.45) is 0 Å². The quantitative estimate of drug-likeness (QED) is 0.750. The highest BCUT2D eigenvalue weighted by Gasteiger charge is 2.26. The summed E-state index contributed by atoms with van der Waals surface area (Å²) in [6.45, 7) is 8.96. The van der Waals surface area contributed by atoms with Gasteiger partial charge in [-0.1, -0.05) is 13.8 Å². The van der Waals surface area contributed by atoms with Crippen molar-refractivity contribution in [3.8, 4) is 0 Å². The summed E-state index contributed by atoms with van der Waals surface area (Å²) in [5, 5.41) is 3.09. The molecule has 0 aliphatic carbocycles. The molecule has 0 aliphatic heterocycles. The van der Waals surface area contributed by atoms with Gasteiger partial charge in [0, 0.05) is 24.7 Å². The van der Waals surface area contributed by atoms with Crippen LogP contribution in [0.3, 0.4) is 0 Å². The van der Waals surface area contributed by atoms with Crippen molar-refractivity contribution in [1.82, 2.24) is 9.62 Å². The molecule has 0 fully saturated rings. The number of hydrogen-bond acceptors (Lipinski definition) is 3. The highest BCUT2D eigenvalue weighted by molar-refractivity contribution is 7.89. The lowest BCUT2D eigenvalue weighted by Crippen LogP contribution is -2.36. The Balaban J connectivity index is 3.10. The summed E-state index contributed by atoms with van der Waals surface area (Å²) in [6.07, 6.45) is 0.941. The van der Waals surface area contributed by atoms with Crippen LogP contribution in [0, 0.1) is 5.82 Å². The first kappa shape index (κ1) is 18.1. The van der Waals surface area contributed by atoms with Gasteiger partial charge >= 0.3 is 0 Å². The summed E-state index contributed by atoms with van der Waals surface area (Å²) < 4.78 is 40.3. The number of rotatable bonds is 8. The molecule has 4 nitrogen and oxygen atoms in total. The van der Waals surface area contributed by atoms with Crippen LogP contribution in [0.2, 0.25) is 0 Å². The lowest BCUT2D eigenvalue weighted by Gasteiger charge is -2.24. The Labute approximate surface area is 127 Å². The zero-order chi connectivity index (χ0) is 16.0. The fraction of sp³-hybridized carbons (Fsp3) is 0.600. The first-order valence-electron chi connectivity index (χ1n) is 7.35. The molecule has 0 unspecified atom stereocenters. The first-order valence-corrected chi connectivity index (χ1v) is 8.79. The number of benzene rings is 1. The van der Waals surface area contributed by atoms with E-state index in [0.29, 0.717) is 18.7 Å². The molecule has 21 heavy (non-hydrogen) atoms. The highest BCUT2D eigenvalue weighted by Crippen LogP contribution is 2.21. The van der Waals surface area contributed by atoms with E-state index in [1.54, 1.807) is 6.92 Å². The minimum Gasteiger partial charge on any atom is -0.313 e. The van der Waals surface area contributed by atoms with Gasteiger partial charge in [-0.2, -0.15) is 4.31 Å². The Hall–Kier alpha value is -0.980. The van der Waals surface area contributed by atoms with Crippen LogP contribution in [0.1, 0.15) is 39.7 Å². The SMILES string of the molecule is CCCNCc1cc(S(=O)(=O)N(CC)C(C)C)ccc1F. The van der Waals surface area contributed by atoms with E-state index in [2.05, 4.69) is 5.32 Å². The minimum atomic E-state index is -3.58. The monoisotopic (exact) mass is 316 g/mol. The normalized spacial score (nSPS) is 12.3. The number of halogens is 1. The lowest BCUT2D eigenvalue weighted by atomic mass is 10.2. The fourth-order valence-corrected chi connectivity index (χ4v) is 3.89. The molecular formula is C15H25FN2O2S. The van der Waals surface area contributed by atoms with Crippen molar-refractivity contribution in [2.75, 3.05) is 13.1 Å². The fourth-order valence-electron chi connectivity index (χ4n) is 2.19. The van der Waals surface area contributed by atoms with Crippen molar-refractivity contribution >= 4 is 10.0 Å². The van der Waals surface area contributed by atoms with Crippen molar-refractivity contribution in [1.29, 1.82) is 0 Å². The number of nitrogens with one attached hydrogen (secondary N) is 1. The van der Waals surface area contributed by atoms with Crippen LogP contribution in [0.5, 0.6) is 0 Å². The zero-order valence-electron chi connectivity index (χ0n) is 13.2. The molecule has 0 amide bonds. The molecule has 0 spiro atoms. The maximum atomic E-state index is 13.8. The predicted octanol–water partition coefficient (Wildman–Crippen LogP) is 2.74. The molecule has 0 saturated heterocycles. The van der Waals surface area contributed by atoms with Crippen LogP contribution < -0.4 is 5.32 Å². The largest absolute Gasteiger partial charge is 0.313 e. The molecule has 0 atom stereocenters. The van der Waals surface area contributed by atoms with Crippen LogP contribution in [0.25, 0.3) is 0 Å². The molecule has 1 rings (SSSR count). The predicted molar refractivity (Wildman–Crippen MR) is 83.1 cm³/mol. The summed E-state index contributed by atoms with van der Waals surface area (Å²) in [4.78, 5) is 0.146. The lowest BCUT2D eigenvalue weighted by molar-refractivity contribution is 0.369. The number of hydrogen-bond donors (Lipinski definition) is 1. The molecule has 0 radical (unpaired) electrons. The third-order valence-corrected chi connectivity index (χ3v) is 5.40. The van der Waals surface area contributed by atoms with E-state index in [1.165, 1.54) is 22.5 Å². The molecule has 1 N–H and O–H groups in total. The number of sulfonamides is 1. The minimum absolute atomic E-state index is 0.133. The highest BCUT2D eigenvalue weighted by atomic mass is 32.2. The van der Waals surface area contributed by atoms with Gasteiger partial charge in [-0.25, -0.2) is 12.8 Å². The summed E-state index contributed by atoms with van der Waals surface area (Å²) in [5.41, 5.74) is 0.379. The van der Waals surface area contributed by atoms with E-state index in [4.69, 9.17) is 0 Å². The van der Waals surface area contributed by atoms with Gasteiger partial charge in [0.1, 0.15) is 5.82 Å². The van der Waals surface area contributed by atoms with Crippen LogP contribution in [0.15, 0.2) is 23.1 Å². The molecule has 0 heterocycles. The van der Waals surface area contributed by atoms with E-state index in [0.717, 1.165) is 13.0 Å². The summed E-state index contributed by atoms with van der Waals surface area (Å²) in [7, 11) is -3.58. The molecule has 0 aliphatic rings. The second-order valence-electron chi connectivity index (χ2n) is 5.23. The van der Waals surface area contributed by atoms with Gasteiger partial charge in [0.15, 0.2) is 0 Å². The standard InChI is InChI=1S/C15H25FN2O2S/c1-5-9-17-11-13-10-14(7-8-15(13)16)21(19,20)18(6-2)12(3)4/h7-8,10,12,17H,5-6,9,11H2,1-4H3. The Morgan fingerprint density at radius 1 is 1.29 bits per heavy atom. The van der Waals surface area contributed by atoms with Crippen LogP contribution in [-0.2, 0) is 16.6 Å². The molecular weight excluding hydrogens is 291 g/mol. The van der Waals surface area contributed by atoms with Gasteiger partial charge in [0.25, 0.3) is 0 Å². The van der Waals surface area contributed by atoms with Gasteiger partial charge in [-0.15, -0.1) is 0 Å². The second kappa shape index (κ2) is 7.87. The average molecular weight is 316 g/mol. The molecule has 0 saturated carbocycles. The first-order chi connectivity index (χ1) is 9.84. The maximum Gasteiger partial charge on any atom is 0.243 e. The van der Waals surface area contributed by atoms with E-state index >= 15 is 0 Å². The second-order valence-corrected chi connectivity index (χ2v) is 7.12. The summed E-state index contributed by atoms with van der Waals surface area (Å²) in [6, 6.07) is 3.85. The summed E-state index contributed by atoms with van der Waals surface area (Å²) in [5.74, 6) is -0.384. The van der Waals surface area contributed by atoms with E-state index in [9.17, 15) is 12.8 Å². The average Bonchev–Trinajstić information content (AvgIpc) is 2.40. The molecule has 1 aromatic rings. The van der Waals surface area contributed by atoms with Gasteiger partial charge in [0.05, 0.1) is 4.90 Å². The third kappa shape index (κ3) is 4.49. The van der Waals surface area contributed by atoms with Crippen molar-refractivity contribution in [3.05, 3.63) is 29.6 Å². The summed E-state index contributed by atoms with van der Waals surface area (Å²) >= 11 is 0. The van der Waals surface area contributed by atoms with E-state index in [1.807, 2.05) is 20.8 Å². The Morgan fingerprint density at radius 3 is 2.48 bits per heavy atom. The van der Waals surface area contributed by atoms with Crippen molar-refractivity contribution in [2.45, 2.75) is 51.6 Å². The molecule has 6 heteroatoms. The topological polar surface area (TPSA) is 49.4 Å². The smallest absolute Gasteiger partial charge is 0.243 e. The number of nitrogens with zero attached hydrogens (tertiary/aromatic N) is 1. The van der Waals surface area contributed by atoms with Crippen LogP contribution in [-0.4, -0.2) is 31.9 Å². The Bertz CT molecular complexity index is 559. The van der Waals surface area contributed by atoms with Crippen molar-refractivity contribution < 1.29 is 12.8 Å². The van der Waals surface area contributed by atoms with E-state index in [-0.39, 0.29) is 16.8 Å². The third-order valence-electron chi connectivity index (χ3n) is 3.25. The van der Waals surface area contributed by atoms with Gasteiger partial charge in [-0.3, -0.25) is 0 Å². The van der Waals surface area contributed by atoms with Crippen LogP contribution >= 0.6 is 0 Å². The van der Waals surface area contributed by atoms with Crippen molar-refractivity contribution in [3.63, 3.8) is 0 Å². The zero-order valence-corrected chi connectivity index (χ0v) is 14.0. The molecule has 120 valence electrons. The van der Waals surface area contributed by atoms with Gasteiger partial charge < -0.3 is 5.32 Å². The molecule has 1 aromatic carbocycles. The molecule has 0 bridgehead atoms. The van der Waals surface area contributed by atoms with E-state index < -0.39 is 10.0 Å². The molecule has 0 aromatic heterocycles. The van der Waals surface area contributed by atoms with Gasteiger partial charge in [-0.05, 0) is 45.0 Å².